The molecule has 0 unspecified atom stereocenters. The summed E-state index contributed by atoms with van der Waals surface area (Å²) in [6.07, 6.45) is 4.86. The summed E-state index contributed by atoms with van der Waals surface area (Å²) in [6, 6.07) is 0. The van der Waals surface area contributed by atoms with Gasteiger partial charge < -0.3 is 4.74 Å². The van der Waals surface area contributed by atoms with Crippen molar-refractivity contribution in [3.63, 3.8) is 0 Å². The van der Waals surface area contributed by atoms with Crippen molar-refractivity contribution in [3.8, 4) is 5.88 Å². The third kappa shape index (κ3) is 2.72. The van der Waals surface area contributed by atoms with Crippen molar-refractivity contribution in [3.05, 3.63) is 24.0 Å². The van der Waals surface area contributed by atoms with Crippen LogP contribution in [0.1, 0.15) is 6.92 Å². The van der Waals surface area contributed by atoms with Crippen LogP contribution in [0.25, 0.3) is 0 Å². The van der Waals surface area contributed by atoms with Crippen LogP contribution in [-0.2, 0) is 0 Å². The van der Waals surface area contributed by atoms with Crippen LogP contribution < -0.4 is 4.74 Å². The fourth-order valence-corrected chi connectivity index (χ4v) is 0.703. The highest BCUT2D eigenvalue weighted by Crippen LogP contribution is 2.08. The maximum atomic E-state index is 5.56. The van der Waals surface area contributed by atoms with Crippen LogP contribution >= 0.6 is 11.6 Å². The number of aromatic nitrogens is 2. The second kappa shape index (κ2) is 4.13. The van der Waals surface area contributed by atoms with Crippen molar-refractivity contribution in [1.82, 2.24) is 9.97 Å². The lowest BCUT2D eigenvalue weighted by Crippen LogP contribution is -1.98. The first-order chi connectivity index (χ1) is 5.33. The predicted molar refractivity (Wildman–Crippen MR) is 42.5 cm³/mol. The second-order valence-corrected chi connectivity index (χ2v) is 2.29. The lowest BCUT2D eigenvalue weighted by molar-refractivity contribution is 0.334. The van der Waals surface area contributed by atoms with Crippen molar-refractivity contribution in [2.75, 3.05) is 6.61 Å². The average molecular weight is 172 g/mol. The fourth-order valence-electron chi connectivity index (χ4n) is 0.564. The van der Waals surface area contributed by atoms with E-state index in [2.05, 4.69) is 9.97 Å². The van der Waals surface area contributed by atoms with E-state index in [-0.39, 0.29) is 0 Å². The molecule has 4 heteroatoms. The minimum atomic E-state index is 0.346. The Morgan fingerprint density at radius 1 is 1.64 bits per heavy atom. The highest BCUT2D eigenvalue weighted by molar-refractivity contribution is 6.29. The van der Waals surface area contributed by atoms with Crippen LogP contribution in [0.5, 0.6) is 5.88 Å². The zero-order valence-electron chi connectivity index (χ0n) is 6.12. The summed E-state index contributed by atoms with van der Waals surface area (Å²) in [7, 11) is 0. The van der Waals surface area contributed by atoms with Gasteiger partial charge in [-0.25, -0.2) is 0 Å². The Kier molecular flexibility index (Phi) is 3.11. The van der Waals surface area contributed by atoms with Crippen molar-refractivity contribution in [1.29, 1.82) is 0 Å². The van der Waals surface area contributed by atoms with Crippen molar-refractivity contribution >= 4 is 11.6 Å². The van der Waals surface area contributed by atoms with Gasteiger partial charge >= 0.3 is 0 Å². The Labute approximate surface area is 70.4 Å². The molecule has 0 saturated heterocycles. The molecule has 1 aromatic rings. The van der Waals surface area contributed by atoms with Crippen LogP contribution in [0.3, 0.4) is 0 Å². The molecule has 0 spiro atoms. The van der Waals surface area contributed by atoms with E-state index in [4.69, 9.17) is 16.3 Å². The quantitative estimate of drug-likeness (QED) is 0.695. The summed E-state index contributed by atoms with van der Waals surface area (Å²) >= 11 is 5.56. The lowest BCUT2D eigenvalue weighted by atomic mass is 10.5. The van der Waals surface area contributed by atoms with Crippen molar-refractivity contribution in [2.45, 2.75) is 6.92 Å². The van der Waals surface area contributed by atoms with Crippen LogP contribution in [0.15, 0.2) is 12.4 Å². The minimum absolute atomic E-state index is 0.346. The van der Waals surface area contributed by atoms with Gasteiger partial charge in [-0.2, -0.15) is 4.98 Å². The zero-order chi connectivity index (χ0) is 8.10. The third-order valence-electron chi connectivity index (χ3n) is 0.981. The van der Waals surface area contributed by atoms with Gasteiger partial charge in [0.1, 0.15) is 0 Å². The number of hydrogen-bond donors (Lipinski definition) is 0. The van der Waals surface area contributed by atoms with Gasteiger partial charge in [0.15, 0.2) is 5.15 Å². The molecular weight excluding hydrogens is 164 g/mol. The third-order valence-corrected chi connectivity index (χ3v) is 1.16. The van der Waals surface area contributed by atoms with E-state index in [1.165, 1.54) is 12.4 Å². The molecule has 0 aliphatic rings. The fraction of sp³-hybridized carbons (Fsp3) is 0.286. The smallest absolute Gasteiger partial charge is 0.233 e. The van der Waals surface area contributed by atoms with E-state index in [0.29, 0.717) is 17.6 Å². The van der Waals surface area contributed by atoms with E-state index >= 15 is 0 Å². The summed E-state index contributed by atoms with van der Waals surface area (Å²) in [4.78, 5) is 7.68. The van der Waals surface area contributed by atoms with Crippen LogP contribution in [0.2, 0.25) is 5.15 Å². The summed E-state index contributed by atoms with van der Waals surface area (Å²) in [6.45, 7) is 2.42. The largest absolute Gasteiger partial charge is 0.476 e. The maximum absolute atomic E-state index is 5.56. The molecule has 59 valence electrons. The number of rotatable bonds is 3. The van der Waals surface area contributed by atoms with Gasteiger partial charge in [0.05, 0.1) is 19.0 Å². The molecule has 0 saturated carbocycles. The SMILES string of the molecule is C[CH]COc1cncc(Cl)n1. The van der Waals surface area contributed by atoms with E-state index in [0.717, 1.165) is 0 Å². The van der Waals surface area contributed by atoms with E-state index in [9.17, 15) is 0 Å². The molecule has 0 amide bonds. The topological polar surface area (TPSA) is 35.0 Å². The molecule has 0 atom stereocenters. The van der Waals surface area contributed by atoms with Crippen LogP contribution in [0.4, 0.5) is 0 Å². The summed E-state index contributed by atoms with van der Waals surface area (Å²) in [5, 5.41) is 0.346. The molecule has 0 N–H and O–H groups in total. The van der Waals surface area contributed by atoms with Gasteiger partial charge in [-0.1, -0.05) is 18.5 Å². The highest BCUT2D eigenvalue weighted by Gasteiger charge is 1.94. The van der Waals surface area contributed by atoms with E-state index in [1.54, 1.807) is 0 Å². The Morgan fingerprint density at radius 2 is 2.45 bits per heavy atom. The van der Waals surface area contributed by atoms with Crippen LogP contribution in [-0.4, -0.2) is 16.6 Å². The normalized spacial score (nSPS) is 9.64. The van der Waals surface area contributed by atoms with Crippen LogP contribution in [0, 0.1) is 6.42 Å². The van der Waals surface area contributed by atoms with Gasteiger partial charge in [0.2, 0.25) is 5.88 Å². The first-order valence-electron chi connectivity index (χ1n) is 3.21. The molecule has 0 aliphatic carbocycles. The molecule has 0 aliphatic heterocycles. The molecule has 0 aromatic carbocycles. The molecule has 3 nitrogen and oxygen atoms in total. The average Bonchev–Trinajstić information content (AvgIpc) is 2.01. The minimum Gasteiger partial charge on any atom is -0.476 e. The Bertz CT molecular complexity index is 229. The van der Waals surface area contributed by atoms with Gasteiger partial charge in [0, 0.05) is 0 Å². The highest BCUT2D eigenvalue weighted by atomic mass is 35.5. The Hall–Kier alpha value is -0.830. The van der Waals surface area contributed by atoms with Crippen molar-refractivity contribution < 1.29 is 4.74 Å². The number of nitrogens with zero attached hydrogens (tertiary/aromatic N) is 2. The van der Waals surface area contributed by atoms with E-state index < -0.39 is 0 Å². The maximum Gasteiger partial charge on any atom is 0.233 e. The first-order valence-corrected chi connectivity index (χ1v) is 3.59. The predicted octanol–water partition coefficient (Wildman–Crippen LogP) is 1.73. The molecule has 1 heterocycles. The lowest BCUT2D eigenvalue weighted by Gasteiger charge is -2.00. The summed E-state index contributed by atoms with van der Waals surface area (Å²) in [5.74, 6) is 0.454. The van der Waals surface area contributed by atoms with E-state index in [1.807, 2.05) is 13.3 Å². The summed E-state index contributed by atoms with van der Waals surface area (Å²) in [5.41, 5.74) is 0. The number of ether oxygens (including phenoxy) is 1. The molecule has 0 bridgehead atoms. The van der Waals surface area contributed by atoms with Gasteiger partial charge in [-0.05, 0) is 6.42 Å². The molecule has 1 rings (SSSR count). The molecule has 1 aromatic heterocycles. The Morgan fingerprint density at radius 3 is 3.09 bits per heavy atom. The summed E-state index contributed by atoms with van der Waals surface area (Å²) < 4.78 is 5.12. The molecule has 1 radical (unpaired) electrons. The molecule has 0 fully saturated rings. The number of hydrogen-bond acceptors (Lipinski definition) is 3. The number of halogens is 1. The van der Waals surface area contributed by atoms with Crippen molar-refractivity contribution in [2.24, 2.45) is 0 Å². The second-order valence-electron chi connectivity index (χ2n) is 1.90. The zero-order valence-corrected chi connectivity index (χ0v) is 6.88. The molecule has 11 heavy (non-hydrogen) atoms. The molecular formula is C7H8ClN2O. The van der Waals surface area contributed by atoms with Gasteiger partial charge in [-0.3, -0.25) is 4.98 Å². The first kappa shape index (κ1) is 8.27. The monoisotopic (exact) mass is 171 g/mol. The Balaban J connectivity index is 2.56. The van der Waals surface area contributed by atoms with Gasteiger partial charge in [0.25, 0.3) is 0 Å². The standard InChI is InChI=1S/C7H8ClN2O/c1-2-3-11-7-5-9-4-6(8)10-7/h2,4-5H,3H2,1H3. The van der Waals surface area contributed by atoms with Gasteiger partial charge in [-0.15, -0.1) is 0 Å².